The Bertz CT molecular complexity index is 278. The van der Waals surface area contributed by atoms with E-state index in [9.17, 15) is 4.39 Å². The number of aliphatic hydroxyl groups excluding tert-OH is 1. The lowest BCUT2D eigenvalue weighted by Gasteiger charge is -2.10. The molecule has 0 heterocycles. The lowest BCUT2D eigenvalue weighted by atomic mass is 10.1. The first-order chi connectivity index (χ1) is 6.13. The van der Waals surface area contributed by atoms with E-state index in [2.05, 4.69) is 15.9 Å². The molecule has 0 saturated carbocycles. The number of hydrogen-bond acceptors (Lipinski definition) is 2. The second-order valence-electron chi connectivity index (χ2n) is 2.82. The van der Waals surface area contributed by atoms with Crippen molar-refractivity contribution in [2.24, 2.45) is 5.73 Å². The molecule has 0 spiro atoms. The molecular formula is C9H12BrClFNO. The van der Waals surface area contributed by atoms with Gasteiger partial charge in [0.1, 0.15) is 5.82 Å². The third-order valence-electron chi connectivity index (χ3n) is 1.75. The minimum Gasteiger partial charge on any atom is -0.396 e. The van der Waals surface area contributed by atoms with Crippen LogP contribution >= 0.6 is 28.3 Å². The topological polar surface area (TPSA) is 46.2 Å². The van der Waals surface area contributed by atoms with Gasteiger partial charge in [-0.2, -0.15) is 0 Å². The van der Waals surface area contributed by atoms with E-state index in [1.807, 2.05) is 0 Å². The summed E-state index contributed by atoms with van der Waals surface area (Å²) in [4.78, 5) is 0. The van der Waals surface area contributed by atoms with Crippen molar-refractivity contribution in [2.75, 3.05) is 6.61 Å². The van der Waals surface area contributed by atoms with Crippen LogP contribution in [0, 0.1) is 5.82 Å². The van der Waals surface area contributed by atoms with E-state index in [-0.39, 0.29) is 30.9 Å². The van der Waals surface area contributed by atoms with Crippen molar-refractivity contribution >= 4 is 28.3 Å². The molecule has 5 heteroatoms. The van der Waals surface area contributed by atoms with Crippen LogP contribution < -0.4 is 5.73 Å². The van der Waals surface area contributed by atoms with Gasteiger partial charge >= 0.3 is 0 Å². The van der Waals surface area contributed by atoms with Gasteiger partial charge in [0, 0.05) is 17.1 Å². The number of nitrogens with two attached hydrogens (primary N) is 1. The molecule has 0 saturated heterocycles. The maximum absolute atomic E-state index is 12.9. The third-order valence-corrected chi connectivity index (χ3v) is 2.21. The maximum Gasteiger partial charge on any atom is 0.124 e. The predicted molar refractivity (Wildman–Crippen MR) is 60.0 cm³/mol. The fourth-order valence-electron chi connectivity index (χ4n) is 1.09. The van der Waals surface area contributed by atoms with Crippen LogP contribution in [0.4, 0.5) is 4.39 Å². The third kappa shape index (κ3) is 3.92. The van der Waals surface area contributed by atoms with Crippen LogP contribution in [-0.4, -0.2) is 11.7 Å². The summed E-state index contributed by atoms with van der Waals surface area (Å²) < 4.78 is 13.5. The van der Waals surface area contributed by atoms with Crippen LogP contribution in [0.3, 0.4) is 0 Å². The van der Waals surface area contributed by atoms with Gasteiger partial charge in [0.25, 0.3) is 0 Å². The van der Waals surface area contributed by atoms with Crippen molar-refractivity contribution in [1.82, 2.24) is 0 Å². The number of rotatable bonds is 3. The van der Waals surface area contributed by atoms with Gasteiger partial charge in [-0.1, -0.05) is 15.9 Å². The van der Waals surface area contributed by atoms with Crippen molar-refractivity contribution in [3.63, 3.8) is 0 Å². The molecule has 0 unspecified atom stereocenters. The molecule has 2 nitrogen and oxygen atoms in total. The molecule has 14 heavy (non-hydrogen) atoms. The summed E-state index contributed by atoms with van der Waals surface area (Å²) in [5.74, 6) is -0.322. The predicted octanol–water partition coefficient (Wildman–Crippen LogP) is 2.39. The zero-order valence-electron chi connectivity index (χ0n) is 7.41. The van der Waals surface area contributed by atoms with Gasteiger partial charge in [0.05, 0.1) is 0 Å². The Hall–Kier alpha value is -0.160. The van der Waals surface area contributed by atoms with Gasteiger partial charge in [0.15, 0.2) is 0 Å². The Morgan fingerprint density at radius 3 is 2.57 bits per heavy atom. The fraction of sp³-hybridized carbons (Fsp3) is 0.333. The van der Waals surface area contributed by atoms with Crippen LogP contribution in [0.2, 0.25) is 0 Å². The molecule has 1 aromatic carbocycles. The smallest absolute Gasteiger partial charge is 0.124 e. The number of benzene rings is 1. The average Bonchev–Trinajstić information content (AvgIpc) is 2.03. The average molecular weight is 285 g/mol. The highest BCUT2D eigenvalue weighted by Crippen LogP contribution is 2.20. The van der Waals surface area contributed by atoms with Gasteiger partial charge in [-0.05, 0) is 30.2 Å². The van der Waals surface area contributed by atoms with E-state index >= 15 is 0 Å². The molecule has 1 aromatic rings. The SMILES string of the molecule is Cl.N[C@@H](CCO)c1cc(F)cc(Br)c1. The zero-order valence-corrected chi connectivity index (χ0v) is 9.81. The Labute approximate surface area is 96.8 Å². The maximum atomic E-state index is 12.9. The minimum absolute atomic E-state index is 0. The molecule has 0 aromatic heterocycles. The summed E-state index contributed by atoms with van der Waals surface area (Å²) in [6, 6.07) is 4.20. The molecule has 0 aliphatic carbocycles. The molecule has 0 fully saturated rings. The molecule has 0 amide bonds. The van der Waals surface area contributed by atoms with Crippen molar-refractivity contribution < 1.29 is 9.50 Å². The number of hydrogen-bond donors (Lipinski definition) is 2. The molecule has 0 bridgehead atoms. The second kappa shape index (κ2) is 6.35. The summed E-state index contributed by atoms with van der Waals surface area (Å²) in [6.07, 6.45) is 0.440. The number of halogens is 3. The van der Waals surface area contributed by atoms with Crippen molar-refractivity contribution in [1.29, 1.82) is 0 Å². The van der Waals surface area contributed by atoms with Crippen LogP contribution in [0.5, 0.6) is 0 Å². The van der Waals surface area contributed by atoms with Crippen molar-refractivity contribution in [3.8, 4) is 0 Å². The first-order valence-corrected chi connectivity index (χ1v) is 4.75. The van der Waals surface area contributed by atoms with E-state index in [4.69, 9.17) is 10.8 Å². The zero-order chi connectivity index (χ0) is 9.84. The van der Waals surface area contributed by atoms with Gasteiger partial charge in [-0.15, -0.1) is 12.4 Å². The fourth-order valence-corrected chi connectivity index (χ4v) is 1.58. The molecule has 1 rings (SSSR count). The lowest BCUT2D eigenvalue weighted by Crippen LogP contribution is -2.12. The molecule has 1 atom stereocenters. The lowest BCUT2D eigenvalue weighted by molar-refractivity contribution is 0.276. The quantitative estimate of drug-likeness (QED) is 0.895. The number of aliphatic hydroxyl groups is 1. The Kier molecular flexibility index (Phi) is 6.27. The van der Waals surface area contributed by atoms with E-state index in [1.54, 1.807) is 6.07 Å². The van der Waals surface area contributed by atoms with Gasteiger partial charge in [-0.3, -0.25) is 0 Å². The largest absolute Gasteiger partial charge is 0.396 e. The highest BCUT2D eigenvalue weighted by Gasteiger charge is 2.07. The van der Waals surface area contributed by atoms with Gasteiger partial charge < -0.3 is 10.8 Å². The van der Waals surface area contributed by atoms with E-state index < -0.39 is 0 Å². The Morgan fingerprint density at radius 2 is 2.07 bits per heavy atom. The second-order valence-corrected chi connectivity index (χ2v) is 3.74. The van der Waals surface area contributed by atoms with E-state index in [0.29, 0.717) is 16.5 Å². The van der Waals surface area contributed by atoms with Crippen LogP contribution in [0.15, 0.2) is 22.7 Å². The summed E-state index contributed by atoms with van der Waals surface area (Å²) in [7, 11) is 0. The summed E-state index contributed by atoms with van der Waals surface area (Å²) in [6.45, 7) is 0.00923. The van der Waals surface area contributed by atoms with Gasteiger partial charge in [0.2, 0.25) is 0 Å². The Morgan fingerprint density at radius 1 is 1.43 bits per heavy atom. The van der Waals surface area contributed by atoms with Crippen molar-refractivity contribution in [3.05, 3.63) is 34.1 Å². The molecule has 0 aliphatic heterocycles. The molecule has 80 valence electrons. The normalized spacial score (nSPS) is 12.0. The summed E-state index contributed by atoms with van der Waals surface area (Å²) in [5.41, 5.74) is 6.39. The van der Waals surface area contributed by atoms with E-state index in [0.717, 1.165) is 0 Å². The van der Waals surface area contributed by atoms with Crippen LogP contribution in [0.25, 0.3) is 0 Å². The standard InChI is InChI=1S/C9H11BrFNO.ClH/c10-7-3-6(4-8(11)5-7)9(12)1-2-13;/h3-5,9,13H,1-2,12H2;1H/t9-;/m0./s1. The molecular weight excluding hydrogens is 272 g/mol. The van der Waals surface area contributed by atoms with Crippen LogP contribution in [-0.2, 0) is 0 Å². The summed E-state index contributed by atoms with van der Waals surface area (Å²) in [5, 5.41) is 8.65. The summed E-state index contributed by atoms with van der Waals surface area (Å²) >= 11 is 3.17. The van der Waals surface area contributed by atoms with Crippen molar-refractivity contribution in [2.45, 2.75) is 12.5 Å². The Balaban J connectivity index is 0.00000169. The molecule has 0 radical (unpaired) electrons. The monoisotopic (exact) mass is 283 g/mol. The highest BCUT2D eigenvalue weighted by molar-refractivity contribution is 9.10. The first kappa shape index (κ1) is 13.8. The van der Waals surface area contributed by atoms with E-state index in [1.165, 1.54) is 12.1 Å². The first-order valence-electron chi connectivity index (χ1n) is 3.96. The molecule has 0 aliphatic rings. The van der Waals surface area contributed by atoms with Crippen LogP contribution in [0.1, 0.15) is 18.0 Å². The minimum atomic E-state index is -0.322. The highest BCUT2D eigenvalue weighted by atomic mass is 79.9. The molecule has 3 N–H and O–H groups in total. The van der Waals surface area contributed by atoms with Gasteiger partial charge in [-0.25, -0.2) is 4.39 Å².